The molecule has 21 heavy (non-hydrogen) atoms. The van der Waals surface area contributed by atoms with E-state index in [1.807, 2.05) is 7.05 Å². The van der Waals surface area contributed by atoms with Crippen LogP contribution in [0, 0.1) is 5.92 Å². The number of nitrogens with one attached hydrogen (secondary N) is 1. The summed E-state index contributed by atoms with van der Waals surface area (Å²) in [7, 11) is 2.02. The maximum atomic E-state index is 12.1. The predicted molar refractivity (Wildman–Crippen MR) is 88.5 cm³/mol. The Bertz CT molecular complexity index is 498. The number of likely N-dealkylation sites (N-methyl/N-ethyl adjacent to an activating group) is 1. The van der Waals surface area contributed by atoms with Crippen molar-refractivity contribution in [3.05, 3.63) is 23.2 Å². The number of amides is 1. The fourth-order valence-corrected chi connectivity index (χ4v) is 2.98. The van der Waals surface area contributed by atoms with Gasteiger partial charge >= 0.3 is 0 Å². The maximum Gasteiger partial charge on any atom is 0.238 e. The molecule has 4 nitrogen and oxygen atoms in total. The van der Waals surface area contributed by atoms with Gasteiger partial charge in [0.05, 0.1) is 17.3 Å². The van der Waals surface area contributed by atoms with Crippen molar-refractivity contribution in [3.8, 4) is 0 Å². The van der Waals surface area contributed by atoms with E-state index in [1.54, 1.807) is 18.2 Å². The van der Waals surface area contributed by atoms with Gasteiger partial charge in [-0.25, -0.2) is 0 Å². The maximum absolute atomic E-state index is 12.1. The molecule has 5 heteroatoms. The van der Waals surface area contributed by atoms with E-state index in [9.17, 15) is 4.79 Å². The van der Waals surface area contributed by atoms with E-state index in [4.69, 9.17) is 17.3 Å². The third kappa shape index (κ3) is 4.61. The van der Waals surface area contributed by atoms with Crippen LogP contribution < -0.4 is 11.1 Å². The summed E-state index contributed by atoms with van der Waals surface area (Å²) in [6, 6.07) is 5.65. The van der Waals surface area contributed by atoms with Gasteiger partial charge in [0.2, 0.25) is 5.91 Å². The summed E-state index contributed by atoms with van der Waals surface area (Å²) >= 11 is 5.87. The zero-order chi connectivity index (χ0) is 15.4. The molecule has 1 saturated carbocycles. The molecule has 0 spiro atoms. The van der Waals surface area contributed by atoms with Crippen molar-refractivity contribution in [2.24, 2.45) is 5.92 Å². The smallest absolute Gasteiger partial charge is 0.238 e. The first-order valence-corrected chi connectivity index (χ1v) is 7.88. The molecular formula is C16H24ClN3O. The van der Waals surface area contributed by atoms with Crippen LogP contribution in [0.4, 0.5) is 11.4 Å². The SMILES string of the molecule is CC1CCC(N(C)CC(=O)Nc2ccc(Cl)c(N)c2)CC1. The lowest BCUT2D eigenvalue weighted by atomic mass is 9.87. The highest BCUT2D eigenvalue weighted by atomic mass is 35.5. The summed E-state index contributed by atoms with van der Waals surface area (Å²) in [6.45, 7) is 2.70. The van der Waals surface area contributed by atoms with Gasteiger partial charge in [-0.05, 0) is 56.8 Å². The standard InChI is InChI=1S/C16H24ClN3O/c1-11-3-6-13(7-4-11)20(2)10-16(21)19-12-5-8-14(17)15(18)9-12/h5,8-9,11,13H,3-4,6-7,10,18H2,1-2H3,(H,19,21). The average Bonchev–Trinajstić information content (AvgIpc) is 2.43. The number of benzene rings is 1. The molecule has 2 rings (SSSR count). The highest BCUT2D eigenvalue weighted by Gasteiger charge is 2.22. The molecule has 0 aromatic heterocycles. The van der Waals surface area contributed by atoms with Gasteiger partial charge in [0.15, 0.2) is 0 Å². The summed E-state index contributed by atoms with van der Waals surface area (Å²) < 4.78 is 0. The van der Waals surface area contributed by atoms with Gasteiger partial charge in [-0.1, -0.05) is 18.5 Å². The Labute approximate surface area is 131 Å². The molecule has 0 atom stereocenters. The van der Waals surface area contributed by atoms with Crippen LogP contribution in [-0.2, 0) is 4.79 Å². The molecule has 116 valence electrons. The summed E-state index contributed by atoms with van der Waals surface area (Å²) in [5.74, 6) is 0.804. The minimum Gasteiger partial charge on any atom is -0.397 e. The highest BCUT2D eigenvalue weighted by Crippen LogP contribution is 2.26. The molecule has 1 amide bonds. The van der Waals surface area contributed by atoms with E-state index in [1.165, 1.54) is 25.7 Å². The molecule has 1 aliphatic carbocycles. The van der Waals surface area contributed by atoms with E-state index in [2.05, 4.69) is 17.1 Å². The summed E-state index contributed by atoms with van der Waals surface area (Å²) in [5, 5.41) is 3.37. The van der Waals surface area contributed by atoms with Crippen molar-refractivity contribution in [2.75, 3.05) is 24.6 Å². The molecule has 1 fully saturated rings. The number of carbonyl (C=O) groups excluding carboxylic acids is 1. The lowest BCUT2D eigenvalue weighted by molar-refractivity contribution is -0.117. The zero-order valence-corrected chi connectivity index (χ0v) is 13.5. The number of halogens is 1. The number of rotatable bonds is 4. The molecule has 0 heterocycles. The number of nitrogen functional groups attached to an aromatic ring is 1. The van der Waals surface area contributed by atoms with Crippen molar-refractivity contribution < 1.29 is 4.79 Å². The van der Waals surface area contributed by atoms with Gasteiger partial charge < -0.3 is 11.1 Å². The van der Waals surface area contributed by atoms with Crippen LogP contribution in [0.15, 0.2) is 18.2 Å². The molecule has 0 aliphatic heterocycles. The van der Waals surface area contributed by atoms with Gasteiger partial charge in [-0.3, -0.25) is 9.69 Å². The van der Waals surface area contributed by atoms with Crippen LogP contribution in [0.25, 0.3) is 0 Å². The first kappa shape index (κ1) is 16.1. The number of carbonyl (C=O) groups is 1. The van der Waals surface area contributed by atoms with E-state index < -0.39 is 0 Å². The molecule has 1 aliphatic rings. The third-order valence-electron chi connectivity index (χ3n) is 4.28. The zero-order valence-electron chi connectivity index (χ0n) is 12.7. The summed E-state index contributed by atoms with van der Waals surface area (Å²) in [4.78, 5) is 14.3. The number of nitrogens with two attached hydrogens (primary N) is 1. The normalized spacial score (nSPS) is 22.3. The van der Waals surface area contributed by atoms with Crippen molar-refractivity contribution in [1.29, 1.82) is 0 Å². The summed E-state index contributed by atoms with van der Waals surface area (Å²) in [6.07, 6.45) is 4.87. The fraction of sp³-hybridized carbons (Fsp3) is 0.562. The minimum absolute atomic E-state index is 0.0159. The van der Waals surface area contributed by atoms with E-state index in [0.717, 1.165) is 5.92 Å². The van der Waals surface area contributed by atoms with Crippen LogP contribution in [0.1, 0.15) is 32.6 Å². The monoisotopic (exact) mass is 309 g/mol. The van der Waals surface area contributed by atoms with Crippen molar-refractivity contribution >= 4 is 28.9 Å². The summed E-state index contributed by atoms with van der Waals surface area (Å²) in [5.41, 5.74) is 6.90. The Balaban J connectivity index is 1.84. The second kappa shape index (κ2) is 7.14. The molecule has 0 bridgehead atoms. The average molecular weight is 310 g/mol. The minimum atomic E-state index is -0.0159. The molecule has 3 N–H and O–H groups in total. The predicted octanol–water partition coefficient (Wildman–Crippen LogP) is 3.37. The number of anilines is 2. The Morgan fingerprint density at radius 2 is 2.05 bits per heavy atom. The Kier molecular flexibility index (Phi) is 5.48. The van der Waals surface area contributed by atoms with Gasteiger partial charge in [0.25, 0.3) is 0 Å². The first-order valence-electron chi connectivity index (χ1n) is 7.51. The van der Waals surface area contributed by atoms with E-state index in [-0.39, 0.29) is 5.91 Å². The van der Waals surface area contributed by atoms with Gasteiger partial charge in [0.1, 0.15) is 0 Å². The van der Waals surface area contributed by atoms with Crippen LogP contribution in [-0.4, -0.2) is 30.4 Å². The van der Waals surface area contributed by atoms with Crippen molar-refractivity contribution in [1.82, 2.24) is 4.90 Å². The second-order valence-electron chi connectivity index (χ2n) is 6.11. The van der Waals surface area contributed by atoms with Crippen LogP contribution >= 0.6 is 11.6 Å². The second-order valence-corrected chi connectivity index (χ2v) is 6.52. The number of hydrogen-bond donors (Lipinski definition) is 2. The third-order valence-corrected chi connectivity index (χ3v) is 4.63. The Morgan fingerprint density at radius 1 is 1.38 bits per heavy atom. The van der Waals surface area contributed by atoms with E-state index >= 15 is 0 Å². The molecule has 1 aromatic carbocycles. The fourth-order valence-electron chi connectivity index (χ4n) is 2.86. The molecule has 0 saturated heterocycles. The highest BCUT2D eigenvalue weighted by molar-refractivity contribution is 6.33. The molecular weight excluding hydrogens is 286 g/mol. The lowest BCUT2D eigenvalue weighted by Gasteiger charge is -2.33. The largest absolute Gasteiger partial charge is 0.397 e. The quantitative estimate of drug-likeness (QED) is 0.838. The molecule has 0 radical (unpaired) electrons. The first-order chi connectivity index (χ1) is 9.95. The van der Waals surface area contributed by atoms with Gasteiger partial charge in [0, 0.05) is 11.7 Å². The Hall–Kier alpha value is -1.26. The van der Waals surface area contributed by atoms with Crippen LogP contribution in [0.5, 0.6) is 0 Å². The van der Waals surface area contributed by atoms with Crippen molar-refractivity contribution in [2.45, 2.75) is 38.6 Å². The van der Waals surface area contributed by atoms with Gasteiger partial charge in [-0.15, -0.1) is 0 Å². The molecule has 0 unspecified atom stereocenters. The van der Waals surface area contributed by atoms with Crippen LogP contribution in [0.3, 0.4) is 0 Å². The lowest BCUT2D eigenvalue weighted by Crippen LogP contribution is -2.39. The topological polar surface area (TPSA) is 58.4 Å². The number of hydrogen-bond acceptors (Lipinski definition) is 3. The van der Waals surface area contributed by atoms with Gasteiger partial charge in [-0.2, -0.15) is 0 Å². The molecule has 1 aromatic rings. The Morgan fingerprint density at radius 3 is 2.67 bits per heavy atom. The number of nitrogens with zero attached hydrogens (tertiary/aromatic N) is 1. The van der Waals surface area contributed by atoms with E-state index in [0.29, 0.717) is 29.0 Å². The van der Waals surface area contributed by atoms with Crippen LogP contribution in [0.2, 0.25) is 5.02 Å². The van der Waals surface area contributed by atoms with Crippen molar-refractivity contribution in [3.63, 3.8) is 0 Å².